The van der Waals surface area contributed by atoms with Crippen molar-refractivity contribution in [3.8, 4) is 0 Å². The van der Waals surface area contributed by atoms with Gasteiger partial charge in [-0.15, -0.1) is 0 Å². The molecule has 1 heterocycles. The van der Waals surface area contributed by atoms with Crippen LogP contribution >= 0.6 is 0 Å². The number of hydrogen-bond donors (Lipinski definition) is 2. The summed E-state index contributed by atoms with van der Waals surface area (Å²) in [6.07, 6.45) is 3.16. The molecule has 0 aromatic heterocycles. The first kappa shape index (κ1) is 23.6. The van der Waals surface area contributed by atoms with Crippen molar-refractivity contribution in [1.82, 2.24) is 0 Å². The Morgan fingerprint density at radius 1 is 1.37 bits per heavy atom. The van der Waals surface area contributed by atoms with Crippen molar-refractivity contribution in [2.75, 3.05) is 13.2 Å². The molecule has 0 aromatic rings. The lowest BCUT2D eigenvalue weighted by Crippen LogP contribution is -2.34. The summed E-state index contributed by atoms with van der Waals surface area (Å²) in [4.78, 5) is 36.0. The van der Waals surface area contributed by atoms with Crippen molar-refractivity contribution in [3.05, 3.63) is 47.1 Å². The van der Waals surface area contributed by atoms with E-state index in [1.54, 1.807) is 13.0 Å². The molecular formula is C22H28O8. The average Bonchev–Trinajstić information content (AvgIpc) is 2.95. The summed E-state index contributed by atoms with van der Waals surface area (Å²) in [5, 5.41) is 19.5. The highest BCUT2D eigenvalue weighted by Crippen LogP contribution is 2.36. The molecule has 0 amide bonds. The minimum absolute atomic E-state index is 0.0130. The van der Waals surface area contributed by atoms with Crippen LogP contribution in [0.5, 0.6) is 0 Å². The van der Waals surface area contributed by atoms with E-state index in [9.17, 15) is 24.6 Å². The fourth-order valence-corrected chi connectivity index (χ4v) is 3.40. The highest BCUT2D eigenvalue weighted by atomic mass is 16.6. The molecule has 1 saturated heterocycles. The maximum Gasteiger partial charge on any atom is 0.337 e. The summed E-state index contributed by atoms with van der Waals surface area (Å²) >= 11 is 0. The van der Waals surface area contributed by atoms with Gasteiger partial charge in [-0.05, 0) is 38.0 Å². The van der Waals surface area contributed by atoms with E-state index in [2.05, 4.69) is 6.58 Å². The summed E-state index contributed by atoms with van der Waals surface area (Å²) in [7, 11) is 0. The van der Waals surface area contributed by atoms with Crippen LogP contribution in [0.4, 0.5) is 0 Å². The third-order valence-corrected chi connectivity index (χ3v) is 5.12. The zero-order valence-electron chi connectivity index (χ0n) is 17.4. The minimum atomic E-state index is -0.781. The molecule has 2 aliphatic rings. The van der Waals surface area contributed by atoms with Gasteiger partial charge < -0.3 is 24.4 Å². The molecule has 4 atom stereocenters. The predicted molar refractivity (Wildman–Crippen MR) is 107 cm³/mol. The van der Waals surface area contributed by atoms with E-state index in [-0.39, 0.29) is 17.8 Å². The number of aliphatic hydroxyl groups excluding tert-OH is 2. The van der Waals surface area contributed by atoms with Crippen LogP contribution in [-0.2, 0) is 28.6 Å². The lowest BCUT2D eigenvalue weighted by atomic mass is 9.85. The molecule has 1 aliphatic heterocycles. The van der Waals surface area contributed by atoms with Crippen LogP contribution in [0.15, 0.2) is 47.1 Å². The lowest BCUT2D eigenvalue weighted by Gasteiger charge is -2.28. The van der Waals surface area contributed by atoms with Crippen LogP contribution in [-0.4, -0.2) is 59.6 Å². The Bertz CT molecular complexity index is 804. The molecule has 2 N–H and O–H groups in total. The van der Waals surface area contributed by atoms with Gasteiger partial charge in [-0.3, -0.25) is 4.79 Å². The van der Waals surface area contributed by atoms with Crippen LogP contribution in [0.1, 0.15) is 33.6 Å². The SMILES string of the molecule is C=C1C(=O)O[C@@H]2/C=C(\C)[C@@H](O)C/C=C(\C)C[C@@H](OC(=O)/C(=C/CO)COC(C)=O)[C@@H]12. The van der Waals surface area contributed by atoms with Gasteiger partial charge in [-0.25, -0.2) is 9.59 Å². The summed E-state index contributed by atoms with van der Waals surface area (Å²) in [6, 6.07) is 0. The van der Waals surface area contributed by atoms with Crippen molar-refractivity contribution in [1.29, 1.82) is 0 Å². The molecule has 2 rings (SSSR count). The third kappa shape index (κ3) is 5.90. The van der Waals surface area contributed by atoms with Gasteiger partial charge >= 0.3 is 17.9 Å². The molecule has 0 unspecified atom stereocenters. The van der Waals surface area contributed by atoms with Gasteiger partial charge in [0, 0.05) is 18.9 Å². The summed E-state index contributed by atoms with van der Waals surface area (Å²) in [6.45, 7) is 7.82. The minimum Gasteiger partial charge on any atom is -0.461 e. The van der Waals surface area contributed by atoms with Gasteiger partial charge in [0.15, 0.2) is 0 Å². The number of fused-ring (bicyclic) bond motifs is 1. The first-order valence-electron chi connectivity index (χ1n) is 9.70. The molecule has 0 aromatic carbocycles. The second-order valence-corrected chi connectivity index (χ2v) is 7.47. The van der Waals surface area contributed by atoms with Crippen molar-refractivity contribution >= 4 is 17.9 Å². The van der Waals surface area contributed by atoms with E-state index in [1.807, 2.05) is 13.0 Å². The quantitative estimate of drug-likeness (QED) is 0.297. The Morgan fingerprint density at radius 3 is 2.70 bits per heavy atom. The number of aliphatic hydroxyl groups is 2. The van der Waals surface area contributed by atoms with E-state index < -0.39 is 48.7 Å². The molecular weight excluding hydrogens is 392 g/mol. The maximum absolute atomic E-state index is 12.7. The van der Waals surface area contributed by atoms with Crippen LogP contribution in [0.25, 0.3) is 0 Å². The van der Waals surface area contributed by atoms with Gasteiger partial charge in [-0.2, -0.15) is 0 Å². The fraction of sp³-hybridized carbons (Fsp3) is 0.500. The Morgan fingerprint density at radius 2 is 2.07 bits per heavy atom. The van der Waals surface area contributed by atoms with E-state index in [4.69, 9.17) is 14.2 Å². The maximum atomic E-state index is 12.7. The van der Waals surface area contributed by atoms with E-state index in [0.717, 1.165) is 5.57 Å². The average molecular weight is 420 g/mol. The molecule has 8 heteroatoms. The Hall–Kier alpha value is -2.71. The molecule has 0 spiro atoms. The summed E-state index contributed by atoms with van der Waals surface area (Å²) < 4.78 is 16.0. The van der Waals surface area contributed by atoms with Gasteiger partial charge in [0.05, 0.1) is 24.2 Å². The van der Waals surface area contributed by atoms with Crippen LogP contribution in [0.3, 0.4) is 0 Å². The summed E-state index contributed by atoms with van der Waals surface area (Å²) in [5.74, 6) is -2.58. The first-order valence-corrected chi connectivity index (χ1v) is 9.70. The largest absolute Gasteiger partial charge is 0.461 e. The van der Waals surface area contributed by atoms with Crippen molar-refractivity contribution in [2.24, 2.45) is 5.92 Å². The number of esters is 3. The van der Waals surface area contributed by atoms with Crippen molar-refractivity contribution in [3.63, 3.8) is 0 Å². The lowest BCUT2D eigenvalue weighted by molar-refractivity contribution is -0.149. The number of carbonyl (C=O) groups excluding carboxylic acids is 3. The molecule has 0 saturated carbocycles. The van der Waals surface area contributed by atoms with E-state index in [1.165, 1.54) is 13.0 Å². The van der Waals surface area contributed by atoms with Gasteiger partial charge in [0.25, 0.3) is 0 Å². The molecule has 1 aliphatic carbocycles. The molecule has 164 valence electrons. The first-order chi connectivity index (χ1) is 14.1. The van der Waals surface area contributed by atoms with Crippen molar-refractivity contribution in [2.45, 2.75) is 51.9 Å². The Labute approximate surface area is 175 Å². The third-order valence-electron chi connectivity index (χ3n) is 5.12. The zero-order valence-corrected chi connectivity index (χ0v) is 17.4. The van der Waals surface area contributed by atoms with Gasteiger partial charge in [-0.1, -0.05) is 18.2 Å². The molecule has 0 radical (unpaired) electrons. The number of hydrogen-bond acceptors (Lipinski definition) is 8. The second-order valence-electron chi connectivity index (χ2n) is 7.47. The number of ether oxygens (including phenoxy) is 3. The molecule has 0 bridgehead atoms. The molecule has 30 heavy (non-hydrogen) atoms. The number of carbonyl (C=O) groups is 3. The van der Waals surface area contributed by atoms with Crippen LogP contribution in [0.2, 0.25) is 0 Å². The van der Waals surface area contributed by atoms with E-state index >= 15 is 0 Å². The second kappa shape index (κ2) is 10.4. The predicted octanol–water partition coefficient (Wildman–Crippen LogP) is 1.53. The molecule has 8 nitrogen and oxygen atoms in total. The highest BCUT2D eigenvalue weighted by molar-refractivity contribution is 5.92. The zero-order chi connectivity index (χ0) is 22.4. The van der Waals surface area contributed by atoms with E-state index in [0.29, 0.717) is 18.4 Å². The monoisotopic (exact) mass is 420 g/mol. The normalized spacial score (nSPS) is 30.9. The summed E-state index contributed by atoms with van der Waals surface area (Å²) in [5.41, 5.74) is 1.66. The Balaban J connectivity index is 2.35. The van der Waals surface area contributed by atoms with Crippen LogP contribution in [0, 0.1) is 5.92 Å². The van der Waals surface area contributed by atoms with Crippen molar-refractivity contribution < 1.29 is 38.8 Å². The van der Waals surface area contributed by atoms with Crippen LogP contribution < -0.4 is 0 Å². The van der Waals surface area contributed by atoms with Gasteiger partial charge in [0.2, 0.25) is 0 Å². The Kier molecular flexibility index (Phi) is 8.14. The fourth-order valence-electron chi connectivity index (χ4n) is 3.40. The topological polar surface area (TPSA) is 119 Å². The molecule has 1 fully saturated rings. The van der Waals surface area contributed by atoms with Gasteiger partial charge in [0.1, 0.15) is 18.8 Å². The highest BCUT2D eigenvalue weighted by Gasteiger charge is 2.44. The number of rotatable bonds is 5. The standard InChI is InChI=1S/C22H28O8/c1-12-5-6-17(25)13(2)10-19-20(14(3)21(26)29-19)18(9-12)30-22(27)16(7-8-23)11-28-15(4)24/h5,7,10,17-20,23,25H,3,6,8-9,11H2,1-2,4H3/b12-5+,13-10+,16-7+/t17-,18+,19+,20+/m0/s1. The smallest absolute Gasteiger partial charge is 0.337 e.